The molecule has 0 bridgehead atoms. The fraction of sp³-hybridized carbons (Fsp3) is 0.667. The van der Waals surface area contributed by atoms with E-state index in [4.69, 9.17) is 16.3 Å². The lowest BCUT2D eigenvalue weighted by Crippen LogP contribution is -2.41. The van der Waals surface area contributed by atoms with Gasteiger partial charge in [0.05, 0.1) is 18.2 Å². The number of nitrogens with zero attached hydrogens (tertiary/aromatic N) is 1. The van der Waals surface area contributed by atoms with Gasteiger partial charge in [0.1, 0.15) is 5.15 Å². The Bertz CT molecular complexity index is 529. The van der Waals surface area contributed by atoms with Gasteiger partial charge in [-0.25, -0.2) is 4.79 Å². The first-order valence-electron chi connectivity index (χ1n) is 6.26. The smallest absolute Gasteiger partial charge is 0.329 e. The van der Waals surface area contributed by atoms with Crippen LogP contribution in [0.4, 0.5) is 0 Å². The lowest BCUT2D eigenvalue weighted by molar-refractivity contribution is 0.00465. The number of hydrogen-bond acceptors (Lipinski definition) is 3. The van der Waals surface area contributed by atoms with Gasteiger partial charge in [-0.15, -0.1) is 0 Å². The van der Waals surface area contributed by atoms with E-state index < -0.39 is 5.69 Å². The van der Waals surface area contributed by atoms with Gasteiger partial charge in [-0.05, 0) is 25.7 Å². The Balaban J connectivity index is 2.32. The van der Waals surface area contributed by atoms with E-state index in [1.165, 1.54) is 4.57 Å². The standard InChI is InChI=1S/C12H17ClN2O3/c1-2-9-10(13)14-12(17)15(11(9)16)7-8-5-3-4-6-18-8/h8H,2-7H2,1H3,(H,14,17). The molecule has 0 amide bonds. The third-order valence-corrected chi connectivity index (χ3v) is 3.57. The second kappa shape index (κ2) is 5.71. The van der Waals surface area contributed by atoms with Gasteiger partial charge in [-0.2, -0.15) is 0 Å². The zero-order valence-corrected chi connectivity index (χ0v) is 11.1. The lowest BCUT2D eigenvalue weighted by atomic mass is 10.1. The summed E-state index contributed by atoms with van der Waals surface area (Å²) in [5.74, 6) is 0. The largest absolute Gasteiger partial charge is 0.376 e. The molecule has 1 atom stereocenters. The molecular weight excluding hydrogens is 256 g/mol. The van der Waals surface area contributed by atoms with Crippen molar-refractivity contribution in [3.63, 3.8) is 0 Å². The highest BCUT2D eigenvalue weighted by atomic mass is 35.5. The quantitative estimate of drug-likeness (QED) is 0.844. The number of hydrogen-bond donors (Lipinski definition) is 1. The number of halogens is 1. The van der Waals surface area contributed by atoms with E-state index in [-0.39, 0.29) is 16.8 Å². The summed E-state index contributed by atoms with van der Waals surface area (Å²) in [6.45, 7) is 2.84. The topological polar surface area (TPSA) is 64.1 Å². The summed E-state index contributed by atoms with van der Waals surface area (Å²) in [4.78, 5) is 26.4. The molecule has 100 valence electrons. The molecule has 0 radical (unpaired) electrons. The zero-order chi connectivity index (χ0) is 13.1. The number of aromatic amines is 1. The second-order valence-corrected chi connectivity index (χ2v) is 4.86. The van der Waals surface area contributed by atoms with E-state index in [1.807, 2.05) is 6.92 Å². The molecule has 1 aromatic rings. The van der Waals surface area contributed by atoms with Crippen LogP contribution in [-0.4, -0.2) is 22.3 Å². The highest BCUT2D eigenvalue weighted by Gasteiger charge is 2.18. The predicted octanol–water partition coefficient (Wildman–Crippen LogP) is 1.32. The summed E-state index contributed by atoms with van der Waals surface area (Å²) in [7, 11) is 0. The molecule has 1 aromatic heterocycles. The first kappa shape index (κ1) is 13.4. The Morgan fingerprint density at radius 3 is 2.83 bits per heavy atom. The molecule has 5 nitrogen and oxygen atoms in total. The van der Waals surface area contributed by atoms with Crippen molar-refractivity contribution in [2.24, 2.45) is 0 Å². The van der Waals surface area contributed by atoms with Gasteiger partial charge < -0.3 is 4.74 Å². The molecule has 0 aliphatic carbocycles. The zero-order valence-electron chi connectivity index (χ0n) is 10.4. The number of nitrogens with one attached hydrogen (secondary N) is 1. The van der Waals surface area contributed by atoms with Gasteiger partial charge in [0.15, 0.2) is 0 Å². The SMILES string of the molecule is CCc1c(Cl)[nH]c(=O)n(CC2CCCCO2)c1=O. The van der Waals surface area contributed by atoms with E-state index in [9.17, 15) is 9.59 Å². The molecule has 6 heteroatoms. The molecule has 0 spiro atoms. The van der Waals surface area contributed by atoms with Crippen LogP contribution in [0, 0.1) is 0 Å². The van der Waals surface area contributed by atoms with Gasteiger partial charge >= 0.3 is 5.69 Å². The fourth-order valence-electron chi connectivity index (χ4n) is 2.21. The van der Waals surface area contributed by atoms with Crippen molar-refractivity contribution >= 4 is 11.6 Å². The number of aromatic nitrogens is 2. The molecule has 18 heavy (non-hydrogen) atoms. The molecule has 0 aromatic carbocycles. The van der Waals surface area contributed by atoms with Crippen LogP contribution in [0.25, 0.3) is 0 Å². The molecule has 1 saturated heterocycles. The van der Waals surface area contributed by atoms with E-state index in [0.717, 1.165) is 19.3 Å². The van der Waals surface area contributed by atoms with Crippen molar-refractivity contribution in [3.8, 4) is 0 Å². The summed E-state index contributed by atoms with van der Waals surface area (Å²) in [5, 5.41) is 0.147. The average molecular weight is 273 g/mol. The van der Waals surface area contributed by atoms with Gasteiger partial charge in [0, 0.05) is 6.61 Å². The minimum absolute atomic E-state index is 0.0524. The molecule has 1 N–H and O–H groups in total. The lowest BCUT2D eigenvalue weighted by Gasteiger charge is -2.23. The Hall–Kier alpha value is -1.07. The monoisotopic (exact) mass is 272 g/mol. The van der Waals surface area contributed by atoms with Crippen molar-refractivity contribution in [2.75, 3.05) is 6.61 Å². The maximum Gasteiger partial charge on any atom is 0.329 e. The van der Waals surface area contributed by atoms with Crippen molar-refractivity contribution < 1.29 is 4.74 Å². The predicted molar refractivity (Wildman–Crippen MR) is 69.3 cm³/mol. The van der Waals surface area contributed by atoms with Crippen molar-refractivity contribution in [1.29, 1.82) is 0 Å². The molecule has 1 aliphatic rings. The highest BCUT2D eigenvalue weighted by Crippen LogP contribution is 2.13. The maximum absolute atomic E-state index is 12.1. The normalized spacial score (nSPS) is 20.0. The van der Waals surface area contributed by atoms with Gasteiger partial charge in [-0.1, -0.05) is 18.5 Å². The summed E-state index contributed by atoms with van der Waals surface area (Å²) < 4.78 is 6.75. The van der Waals surface area contributed by atoms with Crippen LogP contribution in [0.3, 0.4) is 0 Å². The van der Waals surface area contributed by atoms with E-state index in [0.29, 0.717) is 25.1 Å². The van der Waals surface area contributed by atoms with Crippen LogP contribution in [0.15, 0.2) is 9.59 Å². The van der Waals surface area contributed by atoms with Crippen molar-refractivity contribution in [3.05, 3.63) is 31.6 Å². The highest BCUT2D eigenvalue weighted by molar-refractivity contribution is 6.30. The summed E-state index contributed by atoms with van der Waals surface area (Å²) >= 11 is 5.85. The van der Waals surface area contributed by atoms with Crippen LogP contribution in [0.5, 0.6) is 0 Å². The van der Waals surface area contributed by atoms with Crippen molar-refractivity contribution in [1.82, 2.24) is 9.55 Å². The summed E-state index contributed by atoms with van der Waals surface area (Å²) in [6, 6.07) is 0. The molecule has 2 heterocycles. The molecular formula is C12H17ClN2O3. The van der Waals surface area contributed by atoms with E-state index >= 15 is 0 Å². The Kier molecular flexibility index (Phi) is 4.24. The first-order valence-corrected chi connectivity index (χ1v) is 6.64. The third kappa shape index (κ3) is 2.67. The van der Waals surface area contributed by atoms with Gasteiger partial charge in [0.2, 0.25) is 0 Å². The third-order valence-electron chi connectivity index (χ3n) is 3.24. The van der Waals surface area contributed by atoms with Crippen LogP contribution < -0.4 is 11.2 Å². The van der Waals surface area contributed by atoms with Crippen LogP contribution in [0.2, 0.25) is 5.15 Å². The van der Waals surface area contributed by atoms with Gasteiger partial charge in [0.25, 0.3) is 5.56 Å². The van der Waals surface area contributed by atoms with Crippen LogP contribution >= 0.6 is 11.6 Å². The average Bonchev–Trinajstić information content (AvgIpc) is 2.36. The minimum Gasteiger partial charge on any atom is -0.376 e. The minimum atomic E-state index is -0.462. The maximum atomic E-state index is 12.1. The summed E-state index contributed by atoms with van der Waals surface area (Å²) in [5.41, 5.74) is -0.316. The summed E-state index contributed by atoms with van der Waals surface area (Å²) in [6.07, 6.45) is 3.45. The van der Waals surface area contributed by atoms with E-state index in [2.05, 4.69) is 4.98 Å². The molecule has 2 rings (SSSR count). The fourth-order valence-corrected chi connectivity index (χ4v) is 2.51. The molecule has 1 aliphatic heterocycles. The Morgan fingerprint density at radius 2 is 2.22 bits per heavy atom. The number of H-pyrrole nitrogens is 1. The van der Waals surface area contributed by atoms with Gasteiger partial charge in [-0.3, -0.25) is 14.3 Å². The van der Waals surface area contributed by atoms with Crippen LogP contribution in [-0.2, 0) is 17.7 Å². The van der Waals surface area contributed by atoms with E-state index in [1.54, 1.807) is 0 Å². The molecule has 0 saturated carbocycles. The van der Waals surface area contributed by atoms with Crippen molar-refractivity contribution in [2.45, 2.75) is 45.3 Å². The Labute approximate surface area is 110 Å². The van der Waals surface area contributed by atoms with Crippen LogP contribution in [0.1, 0.15) is 31.7 Å². The molecule has 1 fully saturated rings. The first-order chi connectivity index (χ1) is 8.63. The second-order valence-electron chi connectivity index (χ2n) is 4.48. The number of rotatable bonds is 3. The Morgan fingerprint density at radius 1 is 1.44 bits per heavy atom. The molecule has 1 unspecified atom stereocenters. The number of ether oxygens (including phenoxy) is 1.